The zero-order valence-electron chi connectivity index (χ0n) is 20.9. The van der Waals surface area contributed by atoms with Crippen LogP contribution in [0.4, 0.5) is 27.2 Å². The van der Waals surface area contributed by atoms with Crippen molar-refractivity contribution >= 4 is 99.3 Å². The van der Waals surface area contributed by atoms with Crippen molar-refractivity contribution < 1.29 is 41.4 Å². The third-order valence-electron chi connectivity index (χ3n) is 6.46. The van der Waals surface area contributed by atoms with Gasteiger partial charge in [0.05, 0.1) is 16.5 Å². The van der Waals surface area contributed by atoms with Gasteiger partial charge in [0.1, 0.15) is 11.9 Å². The molecule has 41 heavy (non-hydrogen) atoms. The van der Waals surface area contributed by atoms with Crippen LogP contribution >= 0.6 is 81.2 Å². The second-order valence-electron chi connectivity index (χ2n) is 9.17. The molecule has 2 N–H and O–H groups in total. The highest BCUT2D eigenvalue weighted by Gasteiger charge is 2.54. The number of carbonyl (C=O) groups excluding carboxylic acids is 3. The number of nitrogens with zero attached hydrogens (tertiary/aromatic N) is 1. The number of alkyl halides is 9. The van der Waals surface area contributed by atoms with E-state index in [2.05, 4.69) is 20.1 Å². The Morgan fingerprint density at radius 1 is 1.02 bits per heavy atom. The fourth-order valence-corrected chi connectivity index (χ4v) is 4.71. The molecule has 3 amide bonds. The molecule has 0 aromatic heterocycles. The van der Waals surface area contributed by atoms with Gasteiger partial charge in [-0.25, -0.2) is 14.0 Å². The van der Waals surface area contributed by atoms with Crippen molar-refractivity contribution in [3.05, 3.63) is 34.6 Å². The van der Waals surface area contributed by atoms with Gasteiger partial charge in [-0.2, -0.15) is 13.2 Å². The number of hydrogen-bond acceptors (Lipinski definition) is 5. The molecule has 2 fully saturated rings. The molecule has 3 rings (SSSR count). The summed E-state index contributed by atoms with van der Waals surface area (Å²) < 4.78 is 56.2. The normalized spacial score (nSPS) is 22.7. The molecule has 1 aromatic rings. The van der Waals surface area contributed by atoms with E-state index in [1.165, 1.54) is 17.0 Å². The summed E-state index contributed by atoms with van der Waals surface area (Å²) in [5.41, 5.74) is -0.791. The SMILES string of the molecule is C[C@@H]1C(=O)NCCN1C(=O)NC(C)(c1ccc(F)c(Cl)c1)C1CC(C(F)(F)F)C1.O=C(OC(Cl)(Cl)Cl)OC(Cl)(Cl)Cl. The molecule has 232 valence electrons. The van der Waals surface area contributed by atoms with Gasteiger partial charge in [0.15, 0.2) is 0 Å². The summed E-state index contributed by atoms with van der Waals surface area (Å²) in [5, 5.41) is 5.28. The summed E-state index contributed by atoms with van der Waals surface area (Å²) in [6.07, 6.45) is -6.03. The van der Waals surface area contributed by atoms with Crippen molar-refractivity contribution in [3.63, 3.8) is 0 Å². The summed E-state index contributed by atoms with van der Waals surface area (Å²) >= 11 is 36.1. The lowest BCUT2D eigenvalue weighted by atomic mass is 9.63. The molecule has 0 radical (unpaired) electrons. The molecule has 0 spiro atoms. The van der Waals surface area contributed by atoms with Gasteiger partial charge in [0.2, 0.25) is 5.91 Å². The first-order valence-electron chi connectivity index (χ1n) is 11.5. The van der Waals surface area contributed by atoms with Crippen LogP contribution in [0.15, 0.2) is 18.2 Å². The van der Waals surface area contributed by atoms with E-state index in [4.69, 9.17) is 81.2 Å². The topological polar surface area (TPSA) is 97.0 Å². The summed E-state index contributed by atoms with van der Waals surface area (Å²) in [5.74, 6) is -2.93. The van der Waals surface area contributed by atoms with Crippen LogP contribution in [0, 0.1) is 17.7 Å². The van der Waals surface area contributed by atoms with Crippen molar-refractivity contribution in [2.24, 2.45) is 11.8 Å². The van der Waals surface area contributed by atoms with E-state index in [0.717, 1.165) is 6.07 Å². The standard InChI is InChI=1S/C19H22ClF4N3O2.C3Cl6O3/c1-10-16(28)25-5-6-27(10)17(29)26-18(2,11-3-4-15(21)14(20)9-11)12-7-13(8-12)19(22,23)24;4-2(5,6)11-1(10)12-3(7,8)9/h3-4,9-10,12-13H,5-8H2,1-2H3,(H,25,28)(H,26,29);/t10-,12?,13?,18?;/m1./s1. The highest BCUT2D eigenvalue weighted by atomic mass is 35.6. The summed E-state index contributed by atoms with van der Waals surface area (Å²) in [4.78, 5) is 36.6. The molecule has 19 heteroatoms. The largest absolute Gasteiger partial charge is 0.515 e. The number of hydrogen-bond donors (Lipinski definition) is 2. The minimum atomic E-state index is -4.30. The Morgan fingerprint density at radius 3 is 2.02 bits per heavy atom. The maximum absolute atomic E-state index is 13.6. The van der Waals surface area contributed by atoms with Crippen LogP contribution in [0.2, 0.25) is 5.02 Å². The number of amides is 3. The van der Waals surface area contributed by atoms with Crippen LogP contribution in [0.1, 0.15) is 32.3 Å². The average molecular weight is 733 g/mol. The Kier molecular flexibility index (Phi) is 12.1. The number of urea groups is 1. The smallest absolute Gasteiger partial charge is 0.382 e. The molecule has 1 aliphatic heterocycles. The highest BCUT2D eigenvalue weighted by Crippen LogP contribution is 2.52. The van der Waals surface area contributed by atoms with Crippen LogP contribution in [-0.4, -0.2) is 56.3 Å². The van der Waals surface area contributed by atoms with E-state index in [0.29, 0.717) is 5.56 Å². The molecular weight excluding hydrogens is 710 g/mol. The lowest BCUT2D eigenvalue weighted by Gasteiger charge is -2.49. The fourth-order valence-electron chi connectivity index (χ4n) is 4.15. The number of piperazine rings is 1. The zero-order chi connectivity index (χ0) is 31.6. The summed E-state index contributed by atoms with van der Waals surface area (Å²) in [6.45, 7) is 3.74. The molecular formula is C22H22Cl7F4N3O5. The first-order chi connectivity index (χ1) is 18.5. The first-order valence-corrected chi connectivity index (χ1v) is 14.1. The number of halogens is 11. The van der Waals surface area contributed by atoms with Gasteiger partial charge in [0, 0.05) is 13.1 Å². The third-order valence-corrected chi connectivity index (χ3v) is 7.21. The van der Waals surface area contributed by atoms with Gasteiger partial charge in [-0.15, -0.1) is 0 Å². The van der Waals surface area contributed by atoms with Gasteiger partial charge >= 0.3 is 26.3 Å². The Labute approximate surface area is 267 Å². The van der Waals surface area contributed by atoms with Crippen molar-refractivity contribution in [1.82, 2.24) is 15.5 Å². The van der Waals surface area contributed by atoms with Crippen molar-refractivity contribution in [2.75, 3.05) is 13.1 Å². The maximum Gasteiger partial charge on any atom is 0.515 e. The van der Waals surface area contributed by atoms with Crippen LogP contribution in [-0.2, 0) is 19.8 Å². The molecule has 1 unspecified atom stereocenters. The predicted octanol–water partition coefficient (Wildman–Crippen LogP) is 7.61. The number of nitrogens with one attached hydrogen (secondary N) is 2. The van der Waals surface area contributed by atoms with E-state index >= 15 is 0 Å². The Morgan fingerprint density at radius 2 is 1.56 bits per heavy atom. The molecule has 1 aliphatic carbocycles. The summed E-state index contributed by atoms with van der Waals surface area (Å²) in [6, 6.07) is 2.58. The van der Waals surface area contributed by atoms with Gasteiger partial charge in [-0.1, -0.05) is 17.7 Å². The van der Waals surface area contributed by atoms with Crippen molar-refractivity contribution in [1.29, 1.82) is 0 Å². The van der Waals surface area contributed by atoms with Gasteiger partial charge < -0.3 is 25.0 Å². The molecule has 1 heterocycles. The van der Waals surface area contributed by atoms with Crippen molar-refractivity contribution in [3.8, 4) is 0 Å². The maximum atomic E-state index is 13.6. The van der Waals surface area contributed by atoms with Crippen molar-refractivity contribution in [2.45, 2.75) is 52.4 Å². The molecule has 8 nitrogen and oxygen atoms in total. The quantitative estimate of drug-likeness (QED) is 0.190. The molecule has 0 bridgehead atoms. The lowest BCUT2D eigenvalue weighted by Crippen LogP contribution is -2.62. The van der Waals surface area contributed by atoms with E-state index in [9.17, 15) is 31.9 Å². The summed E-state index contributed by atoms with van der Waals surface area (Å²) in [7, 11) is 0. The molecule has 2 atom stereocenters. The zero-order valence-corrected chi connectivity index (χ0v) is 26.2. The van der Waals surface area contributed by atoms with E-state index in [-0.39, 0.29) is 36.9 Å². The Bertz CT molecular complexity index is 1110. The second kappa shape index (κ2) is 13.7. The number of rotatable bonds is 3. The number of carbonyl (C=O) groups is 3. The van der Waals surface area contributed by atoms with Crippen LogP contribution in [0.5, 0.6) is 0 Å². The van der Waals surface area contributed by atoms with Crippen LogP contribution in [0.3, 0.4) is 0 Å². The van der Waals surface area contributed by atoms with E-state index in [1.54, 1.807) is 13.8 Å². The third kappa shape index (κ3) is 10.6. The molecule has 2 aliphatic rings. The van der Waals surface area contributed by atoms with Gasteiger partial charge in [0.25, 0.3) is 0 Å². The lowest BCUT2D eigenvalue weighted by molar-refractivity contribution is -0.210. The minimum absolute atomic E-state index is 0.161. The highest BCUT2D eigenvalue weighted by molar-refractivity contribution is 6.67. The number of benzene rings is 1. The van der Waals surface area contributed by atoms with Gasteiger partial charge in [-0.3, -0.25) is 4.79 Å². The van der Waals surface area contributed by atoms with E-state index < -0.39 is 55.6 Å². The van der Waals surface area contributed by atoms with Gasteiger partial charge in [-0.05, 0) is 120 Å². The Hall–Kier alpha value is -1.02. The predicted molar refractivity (Wildman–Crippen MR) is 147 cm³/mol. The number of ether oxygens (including phenoxy) is 2. The molecule has 1 aromatic carbocycles. The monoisotopic (exact) mass is 729 g/mol. The van der Waals surface area contributed by atoms with E-state index in [1.807, 2.05) is 0 Å². The molecule has 1 saturated heterocycles. The second-order valence-corrected chi connectivity index (χ2v) is 13.9. The average Bonchev–Trinajstić information content (AvgIpc) is 2.73. The molecule has 1 saturated carbocycles. The Balaban J connectivity index is 0.000000415. The minimum Gasteiger partial charge on any atom is -0.382 e. The van der Waals surface area contributed by atoms with Crippen LogP contribution < -0.4 is 10.6 Å². The fraction of sp³-hybridized carbons (Fsp3) is 0.591. The first kappa shape index (κ1) is 36.2. The van der Waals surface area contributed by atoms with Crippen LogP contribution in [0.25, 0.3) is 0 Å².